The van der Waals surface area contributed by atoms with E-state index in [1.807, 2.05) is 0 Å². The largest absolute Gasteiger partial charge is 0.384 e. The van der Waals surface area contributed by atoms with Crippen molar-refractivity contribution in [2.45, 2.75) is 46.1 Å². The Hall–Kier alpha value is -1.02. The van der Waals surface area contributed by atoms with E-state index < -0.39 is 0 Å². The van der Waals surface area contributed by atoms with Gasteiger partial charge < -0.3 is 10.1 Å². The molecular formula is C15H25NO. The first-order chi connectivity index (χ1) is 8.00. The molecule has 0 aliphatic heterocycles. The van der Waals surface area contributed by atoms with Crippen molar-refractivity contribution in [2.24, 2.45) is 0 Å². The Balaban J connectivity index is 2.63. The predicted octanol–water partition coefficient (Wildman–Crippen LogP) is 3.78. The van der Waals surface area contributed by atoms with Gasteiger partial charge in [-0.15, -0.1) is 0 Å². The summed E-state index contributed by atoms with van der Waals surface area (Å²) >= 11 is 0. The molecule has 0 spiro atoms. The molecule has 0 aliphatic carbocycles. The number of anilines is 1. The fraction of sp³-hybridized carbons (Fsp3) is 0.600. The van der Waals surface area contributed by atoms with Gasteiger partial charge in [-0.25, -0.2) is 0 Å². The Kier molecular flexibility index (Phi) is 5.01. The second-order valence-corrected chi connectivity index (χ2v) is 5.10. The topological polar surface area (TPSA) is 21.3 Å². The Morgan fingerprint density at radius 1 is 1.29 bits per heavy atom. The molecule has 1 aromatic carbocycles. The number of ether oxygens (including phenoxy) is 1. The van der Waals surface area contributed by atoms with Crippen LogP contribution >= 0.6 is 0 Å². The maximum Gasteiger partial charge on any atom is 0.0639 e. The Morgan fingerprint density at radius 3 is 2.59 bits per heavy atom. The lowest BCUT2D eigenvalue weighted by Crippen LogP contribution is -2.26. The molecule has 0 unspecified atom stereocenters. The number of rotatable bonds is 6. The Labute approximate surface area is 105 Å². The zero-order chi connectivity index (χ0) is 12.9. The average Bonchev–Trinajstić information content (AvgIpc) is 2.31. The molecule has 1 N–H and O–H groups in total. The van der Waals surface area contributed by atoms with Crippen LogP contribution in [0.15, 0.2) is 18.2 Å². The van der Waals surface area contributed by atoms with Gasteiger partial charge in [0.15, 0.2) is 0 Å². The van der Waals surface area contributed by atoms with Crippen LogP contribution in [-0.2, 0) is 11.2 Å². The second kappa shape index (κ2) is 6.06. The third-order valence-electron chi connectivity index (χ3n) is 3.32. The predicted molar refractivity (Wildman–Crippen MR) is 74.8 cm³/mol. The highest BCUT2D eigenvalue weighted by Gasteiger charge is 2.15. The first-order valence-corrected chi connectivity index (χ1v) is 6.37. The van der Waals surface area contributed by atoms with E-state index in [-0.39, 0.29) is 5.60 Å². The summed E-state index contributed by atoms with van der Waals surface area (Å²) in [5.74, 6) is 0. The summed E-state index contributed by atoms with van der Waals surface area (Å²) in [6.07, 6.45) is 2.07. The zero-order valence-corrected chi connectivity index (χ0v) is 11.8. The molecule has 1 aromatic rings. The summed E-state index contributed by atoms with van der Waals surface area (Å²) in [5.41, 5.74) is 3.95. The van der Waals surface area contributed by atoms with Gasteiger partial charge in [0.05, 0.1) is 5.60 Å². The van der Waals surface area contributed by atoms with E-state index >= 15 is 0 Å². The van der Waals surface area contributed by atoms with E-state index in [2.05, 4.69) is 51.2 Å². The summed E-state index contributed by atoms with van der Waals surface area (Å²) in [4.78, 5) is 0. The molecule has 0 fully saturated rings. The number of methoxy groups -OCH3 is 1. The molecule has 0 radical (unpaired) electrons. The molecule has 0 bridgehead atoms. The first kappa shape index (κ1) is 14.0. The normalized spacial score (nSPS) is 11.6. The highest BCUT2D eigenvalue weighted by atomic mass is 16.5. The summed E-state index contributed by atoms with van der Waals surface area (Å²) in [7, 11) is 1.77. The minimum Gasteiger partial charge on any atom is -0.384 e. The number of benzene rings is 1. The van der Waals surface area contributed by atoms with Crippen molar-refractivity contribution in [3.05, 3.63) is 29.3 Å². The quantitative estimate of drug-likeness (QED) is 0.810. The molecule has 96 valence electrons. The van der Waals surface area contributed by atoms with Crippen LogP contribution < -0.4 is 5.32 Å². The van der Waals surface area contributed by atoms with E-state index in [4.69, 9.17) is 4.74 Å². The van der Waals surface area contributed by atoms with Crippen LogP contribution in [0.3, 0.4) is 0 Å². The third-order valence-corrected chi connectivity index (χ3v) is 3.32. The summed E-state index contributed by atoms with van der Waals surface area (Å²) in [6, 6.07) is 6.47. The van der Waals surface area contributed by atoms with Gasteiger partial charge in [-0.3, -0.25) is 0 Å². The number of hydrogen-bond acceptors (Lipinski definition) is 2. The fourth-order valence-electron chi connectivity index (χ4n) is 1.87. The van der Waals surface area contributed by atoms with Crippen molar-refractivity contribution in [3.8, 4) is 0 Å². The zero-order valence-electron chi connectivity index (χ0n) is 11.8. The summed E-state index contributed by atoms with van der Waals surface area (Å²) < 4.78 is 5.42. The Morgan fingerprint density at radius 2 is 2.00 bits per heavy atom. The van der Waals surface area contributed by atoms with Crippen LogP contribution in [0.5, 0.6) is 0 Å². The third kappa shape index (κ3) is 4.04. The molecule has 0 aromatic heterocycles. The molecule has 0 saturated heterocycles. The van der Waals surface area contributed by atoms with Gasteiger partial charge in [0, 0.05) is 19.3 Å². The first-order valence-electron chi connectivity index (χ1n) is 6.37. The van der Waals surface area contributed by atoms with Crippen molar-refractivity contribution < 1.29 is 4.74 Å². The minimum atomic E-state index is -0.0535. The molecule has 2 heteroatoms. The van der Waals surface area contributed by atoms with Crippen LogP contribution in [0.1, 0.15) is 38.3 Å². The van der Waals surface area contributed by atoms with Gasteiger partial charge in [-0.2, -0.15) is 0 Å². The lowest BCUT2D eigenvalue weighted by molar-refractivity contribution is 0.0185. The van der Waals surface area contributed by atoms with Crippen molar-refractivity contribution in [3.63, 3.8) is 0 Å². The molecule has 0 aliphatic rings. The molecule has 0 heterocycles. The lowest BCUT2D eigenvalue weighted by Gasteiger charge is -2.24. The van der Waals surface area contributed by atoms with Gasteiger partial charge in [0.1, 0.15) is 0 Å². The van der Waals surface area contributed by atoms with Crippen LogP contribution in [0.4, 0.5) is 5.69 Å². The average molecular weight is 235 g/mol. The van der Waals surface area contributed by atoms with E-state index in [0.29, 0.717) is 0 Å². The van der Waals surface area contributed by atoms with E-state index in [9.17, 15) is 0 Å². The molecule has 1 rings (SSSR count). The minimum absolute atomic E-state index is 0.0535. The van der Waals surface area contributed by atoms with Gasteiger partial charge in [0.25, 0.3) is 0 Å². The van der Waals surface area contributed by atoms with Crippen molar-refractivity contribution in [1.29, 1.82) is 0 Å². The van der Waals surface area contributed by atoms with Crippen LogP contribution in [-0.4, -0.2) is 19.3 Å². The number of aryl methyl sites for hydroxylation is 2. The number of hydrogen-bond donors (Lipinski definition) is 1. The molecule has 0 atom stereocenters. The van der Waals surface area contributed by atoms with Crippen LogP contribution in [0.2, 0.25) is 0 Å². The van der Waals surface area contributed by atoms with Gasteiger partial charge in [-0.05, 0) is 44.7 Å². The molecule has 0 amide bonds. The molecule has 0 saturated carbocycles. The smallest absolute Gasteiger partial charge is 0.0639 e. The monoisotopic (exact) mass is 235 g/mol. The lowest BCUT2D eigenvalue weighted by atomic mass is 10.0. The van der Waals surface area contributed by atoms with Crippen molar-refractivity contribution in [1.82, 2.24) is 0 Å². The van der Waals surface area contributed by atoms with Crippen LogP contribution in [0, 0.1) is 6.92 Å². The van der Waals surface area contributed by atoms with Gasteiger partial charge >= 0.3 is 0 Å². The molecule has 17 heavy (non-hydrogen) atoms. The fourth-order valence-corrected chi connectivity index (χ4v) is 1.87. The van der Waals surface area contributed by atoms with E-state index in [0.717, 1.165) is 19.4 Å². The highest BCUT2D eigenvalue weighted by Crippen LogP contribution is 2.22. The number of nitrogens with one attached hydrogen (secondary N) is 1. The van der Waals surface area contributed by atoms with Crippen molar-refractivity contribution in [2.75, 3.05) is 19.0 Å². The second-order valence-electron chi connectivity index (χ2n) is 5.10. The van der Waals surface area contributed by atoms with Crippen LogP contribution in [0.25, 0.3) is 0 Å². The summed E-state index contributed by atoms with van der Waals surface area (Å²) in [6.45, 7) is 9.53. The molecule has 2 nitrogen and oxygen atoms in total. The van der Waals surface area contributed by atoms with Gasteiger partial charge in [0.2, 0.25) is 0 Å². The highest BCUT2D eigenvalue weighted by molar-refractivity contribution is 5.57. The Bertz CT molecular complexity index is 358. The summed E-state index contributed by atoms with van der Waals surface area (Å²) in [5, 5.41) is 3.54. The standard InChI is InChI=1S/C15H25NO/c1-6-13-9-7-8-12(2)14(13)16-11-10-15(3,4)17-5/h7-9,16H,6,10-11H2,1-5H3. The maximum absolute atomic E-state index is 5.42. The molecular weight excluding hydrogens is 210 g/mol. The van der Waals surface area contributed by atoms with E-state index in [1.165, 1.54) is 16.8 Å². The SMILES string of the molecule is CCc1cccc(C)c1NCCC(C)(C)OC. The number of para-hydroxylation sites is 1. The maximum atomic E-state index is 5.42. The van der Waals surface area contributed by atoms with Crippen molar-refractivity contribution >= 4 is 5.69 Å². The van der Waals surface area contributed by atoms with Gasteiger partial charge in [-0.1, -0.05) is 25.1 Å². The van der Waals surface area contributed by atoms with E-state index in [1.54, 1.807) is 7.11 Å².